The van der Waals surface area contributed by atoms with Crippen LogP contribution in [0.1, 0.15) is 12.0 Å². The van der Waals surface area contributed by atoms with Gasteiger partial charge < -0.3 is 4.90 Å². The normalized spacial score (nSPS) is 20.8. The minimum Gasteiger partial charge on any atom is -0.367 e. The monoisotopic (exact) mass is 333 g/mol. The third-order valence-corrected chi connectivity index (χ3v) is 5.98. The summed E-state index contributed by atoms with van der Waals surface area (Å²) in [5.41, 5.74) is 2.86. The van der Waals surface area contributed by atoms with Crippen molar-refractivity contribution in [3.63, 3.8) is 0 Å². The smallest absolute Gasteiger partial charge is 0.0688 e. The standard InChI is InChI=1S/C25H19N/c1-2-14-26-15-13-21(23(26)6-1)16-20-10-9-19-8-7-17-4-3-5-18-11-12-22(20)25(19)24(17)18/h1-12,14,16,23H,13,15H2/b21-16+. The van der Waals surface area contributed by atoms with Crippen molar-refractivity contribution in [2.45, 2.75) is 12.5 Å². The van der Waals surface area contributed by atoms with E-state index in [1.54, 1.807) is 0 Å². The highest BCUT2D eigenvalue weighted by Crippen LogP contribution is 2.37. The fourth-order valence-corrected chi connectivity index (χ4v) is 4.73. The van der Waals surface area contributed by atoms with Gasteiger partial charge >= 0.3 is 0 Å². The number of hydrogen-bond donors (Lipinski definition) is 0. The maximum Gasteiger partial charge on any atom is 0.0688 e. The second-order valence-corrected chi connectivity index (χ2v) is 7.39. The Hall–Kier alpha value is -3.06. The first-order valence-corrected chi connectivity index (χ1v) is 9.36. The molecule has 0 N–H and O–H groups in total. The van der Waals surface area contributed by atoms with E-state index in [1.165, 1.54) is 43.5 Å². The average molecular weight is 333 g/mol. The lowest BCUT2D eigenvalue weighted by Crippen LogP contribution is -2.24. The number of rotatable bonds is 1. The van der Waals surface area contributed by atoms with Gasteiger partial charge in [0.2, 0.25) is 0 Å². The van der Waals surface area contributed by atoms with Crippen LogP contribution in [0, 0.1) is 0 Å². The fraction of sp³-hybridized carbons (Fsp3) is 0.120. The summed E-state index contributed by atoms with van der Waals surface area (Å²) < 4.78 is 0. The zero-order chi connectivity index (χ0) is 17.1. The van der Waals surface area contributed by atoms with E-state index in [0.29, 0.717) is 6.04 Å². The molecule has 26 heavy (non-hydrogen) atoms. The third-order valence-electron chi connectivity index (χ3n) is 5.98. The van der Waals surface area contributed by atoms with Crippen LogP contribution in [-0.4, -0.2) is 17.5 Å². The number of fused-ring (bicyclic) bond motifs is 1. The third kappa shape index (κ3) is 1.91. The Morgan fingerprint density at radius 3 is 2.46 bits per heavy atom. The van der Waals surface area contributed by atoms with Crippen molar-refractivity contribution in [1.29, 1.82) is 0 Å². The van der Waals surface area contributed by atoms with Crippen molar-refractivity contribution in [2.24, 2.45) is 0 Å². The summed E-state index contributed by atoms with van der Waals surface area (Å²) in [5, 5.41) is 8.17. The molecule has 1 saturated heterocycles. The molecule has 1 heteroatoms. The molecule has 1 fully saturated rings. The van der Waals surface area contributed by atoms with Gasteiger partial charge in [0, 0.05) is 6.54 Å². The molecule has 0 saturated carbocycles. The van der Waals surface area contributed by atoms with Crippen LogP contribution in [0.25, 0.3) is 38.4 Å². The Kier molecular flexibility index (Phi) is 2.84. The van der Waals surface area contributed by atoms with E-state index in [0.717, 1.165) is 13.0 Å². The zero-order valence-electron chi connectivity index (χ0n) is 14.5. The van der Waals surface area contributed by atoms with Gasteiger partial charge in [-0.2, -0.15) is 0 Å². The first-order chi connectivity index (χ1) is 12.9. The molecule has 4 aromatic rings. The summed E-state index contributed by atoms with van der Waals surface area (Å²) in [6, 6.07) is 20.7. The molecule has 2 aliphatic heterocycles. The number of hydrogen-bond acceptors (Lipinski definition) is 1. The predicted molar refractivity (Wildman–Crippen MR) is 112 cm³/mol. The molecule has 124 valence electrons. The Labute approximate surface area is 152 Å². The van der Waals surface area contributed by atoms with Crippen LogP contribution in [0.5, 0.6) is 0 Å². The molecule has 4 aromatic carbocycles. The predicted octanol–water partition coefficient (Wildman–Crippen LogP) is 6.13. The van der Waals surface area contributed by atoms with Crippen LogP contribution in [-0.2, 0) is 0 Å². The number of benzene rings is 4. The van der Waals surface area contributed by atoms with Gasteiger partial charge in [-0.25, -0.2) is 0 Å². The molecule has 0 spiro atoms. The van der Waals surface area contributed by atoms with E-state index in [2.05, 4.69) is 90.0 Å². The van der Waals surface area contributed by atoms with Crippen molar-refractivity contribution < 1.29 is 0 Å². The number of nitrogens with zero attached hydrogens (tertiary/aromatic N) is 1. The molecular formula is C25H19N. The van der Waals surface area contributed by atoms with Gasteiger partial charge in [-0.05, 0) is 62.2 Å². The van der Waals surface area contributed by atoms with Crippen molar-refractivity contribution in [1.82, 2.24) is 4.90 Å². The Balaban J connectivity index is 1.61. The lowest BCUT2D eigenvalue weighted by atomic mass is 9.91. The summed E-state index contributed by atoms with van der Waals surface area (Å²) >= 11 is 0. The number of allylic oxidation sites excluding steroid dienone is 2. The maximum atomic E-state index is 2.43. The summed E-state index contributed by atoms with van der Waals surface area (Å²) in [5.74, 6) is 0. The van der Waals surface area contributed by atoms with Gasteiger partial charge in [-0.15, -0.1) is 0 Å². The van der Waals surface area contributed by atoms with E-state index >= 15 is 0 Å². The lowest BCUT2D eigenvalue weighted by Gasteiger charge is -2.22. The second-order valence-electron chi connectivity index (χ2n) is 7.39. The molecule has 2 aliphatic rings. The van der Waals surface area contributed by atoms with Crippen molar-refractivity contribution >= 4 is 38.4 Å². The van der Waals surface area contributed by atoms with E-state index < -0.39 is 0 Å². The Morgan fingerprint density at radius 2 is 1.58 bits per heavy atom. The molecule has 2 heterocycles. The Morgan fingerprint density at radius 1 is 0.808 bits per heavy atom. The van der Waals surface area contributed by atoms with Gasteiger partial charge in [0.25, 0.3) is 0 Å². The minimum atomic E-state index is 0.429. The molecule has 0 amide bonds. The summed E-state index contributed by atoms with van der Waals surface area (Å²) in [7, 11) is 0. The lowest BCUT2D eigenvalue weighted by molar-refractivity contribution is 0.413. The van der Waals surface area contributed by atoms with Crippen LogP contribution in [0.3, 0.4) is 0 Å². The van der Waals surface area contributed by atoms with Gasteiger partial charge in [0.1, 0.15) is 0 Å². The molecule has 0 radical (unpaired) electrons. The van der Waals surface area contributed by atoms with Gasteiger partial charge in [0.15, 0.2) is 0 Å². The first-order valence-electron chi connectivity index (χ1n) is 9.36. The van der Waals surface area contributed by atoms with Crippen LogP contribution in [0.4, 0.5) is 0 Å². The molecule has 0 aromatic heterocycles. The summed E-state index contributed by atoms with van der Waals surface area (Å²) in [4.78, 5) is 2.43. The zero-order valence-corrected chi connectivity index (χ0v) is 14.5. The van der Waals surface area contributed by atoms with Crippen LogP contribution >= 0.6 is 0 Å². The van der Waals surface area contributed by atoms with Gasteiger partial charge in [0.05, 0.1) is 6.04 Å². The van der Waals surface area contributed by atoms with Gasteiger partial charge in [-0.1, -0.05) is 72.8 Å². The average Bonchev–Trinajstić information content (AvgIpc) is 3.10. The fourth-order valence-electron chi connectivity index (χ4n) is 4.73. The SMILES string of the molecule is C1=CC2/C(=C/c3ccc4ccc5cccc6ccc3c4c56)CCN2C=C1. The molecule has 0 bridgehead atoms. The summed E-state index contributed by atoms with van der Waals surface area (Å²) in [6.07, 6.45) is 12.4. The van der Waals surface area contributed by atoms with E-state index in [9.17, 15) is 0 Å². The largest absolute Gasteiger partial charge is 0.367 e. The van der Waals surface area contributed by atoms with E-state index in [1.807, 2.05) is 0 Å². The second kappa shape index (κ2) is 5.22. The van der Waals surface area contributed by atoms with Gasteiger partial charge in [-0.3, -0.25) is 0 Å². The van der Waals surface area contributed by atoms with E-state index in [4.69, 9.17) is 0 Å². The highest BCUT2D eigenvalue weighted by Gasteiger charge is 2.25. The summed E-state index contributed by atoms with van der Waals surface area (Å²) in [6.45, 7) is 1.11. The quantitative estimate of drug-likeness (QED) is 0.379. The molecule has 1 atom stereocenters. The molecular weight excluding hydrogens is 314 g/mol. The van der Waals surface area contributed by atoms with Crippen molar-refractivity contribution in [3.05, 3.63) is 90.2 Å². The molecule has 6 rings (SSSR count). The van der Waals surface area contributed by atoms with Crippen molar-refractivity contribution in [2.75, 3.05) is 6.54 Å². The van der Waals surface area contributed by atoms with E-state index in [-0.39, 0.29) is 0 Å². The topological polar surface area (TPSA) is 3.24 Å². The van der Waals surface area contributed by atoms with Crippen LogP contribution in [0.15, 0.2) is 84.6 Å². The highest BCUT2D eigenvalue weighted by molar-refractivity contribution is 6.24. The minimum absolute atomic E-state index is 0.429. The van der Waals surface area contributed by atoms with Crippen LogP contribution in [0.2, 0.25) is 0 Å². The molecule has 1 nitrogen and oxygen atoms in total. The Bertz CT molecular complexity index is 1230. The molecule has 1 unspecified atom stereocenters. The maximum absolute atomic E-state index is 2.43. The highest BCUT2D eigenvalue weighted by atomic mass is 15.2. The molecule has 0 aliphatic carbocycles. The first kappa shape index (κ1) is 14.1. The van der Waals surface area contributed by atoms with Crippen molar-refractivity contribution in [3.8, 4) is 0 Å². The van der Waals surface area contributed by atoms with Crippen LogP contribution < -0.4 is 0 Å².